The minimum absolute atomic E-state index is 0.0270. The average molecular weight is 341 g/mol. The summed E-state index contributed by atoms with van der Waals surface area (Å²) in [6, 6.07) is 10.1. The molecule has 0 radical (unpaired) electrons. The Morgan fingerprint density at radius 3 is 2.88 bits per heavy atom. The molecular formula is C17H12FN3O2S. The molecule has 1 aromatic heterocycles. The highest BCUT2D eigenvalue weighted by Gasteiger charge is 2.17. The van der Waals surface area contributed by atoms with Gasteiger partial charge in [-0.15, -0.1) is 11.3 Å². The lowest BCUT2D eigenvalue weighted by Crippen LogP contribution is -2.25. The van der Waals surface area contributed by atoms with E-state index in [4.69, 9.17) is 10.5 Å². The molecule has 1 aliphatic heterocycles. The fraction of sp³-hybridized carbons (Fsp3) is 0.0588. The zero-order valence-electron chi connectivity index (χ0n) is 12.4. The second kappa shape index (κ2) is 5.61. The number of fused-ring (bicyclic) bond motifs is 1. The van der Waals surface area contributed by atoms with E-state index in [1.807, 2.05) is 17.5 Å². The van der Waals surface area contributed by atoms with Crippen LogP contribution in [0.15, 0.2) is 41.8 Å². The van der Waals surface area contributed by atoms with Crippen molar-refractivity contribution in [2.45, 2.75) is 0 Å². The van der Waals surface area contributed by atoms with Crippen molar-refractivity contribution < 1.29 is 13.9 Å². The predicted molar refractivity (Wildman–Crippen MR) is 91.5 cm³/mol. The van der Waals surface area contributed by atoms with Gasteiger partial charge in [-0.25, -0.2) is 9.37 Å². The topological polar surface area (TPSA) is 77.2 Å². The lowest BCUT2D eigenvalue weighted by molar-refractivity contribution is -0.118. The van der Waals surface area contributed by atoms with Crippen molar-refractivity contribution in [2.24, 2.45) is 0 Å². The molecule has 0 aliphatic carbocycles. The molecule has 0 fully saturated rings. The van der Waals surface area contributed by atoms with Gasteiger partial charge < -0.3 is 15.8 Å². The highest BCUT2D eigenvalue weighted by atomic mass is 32.1. The van der Waals surface area contributed by atoms with E-state index in [9.17, 15) is 9.18 Å². The first-order valence-electron chi connectivity index (χ1n) is 7.18. The zero-order valence-corrected chi connectivity index (χ0v) is 13.2. The first-order valence-corrected chi connectivity index (χ1v) is 8.06. The summed E-state index contributed by atoms with van der Waals surface area (Å²) in [6.45, 7) is 0.0270. The van der Waals surface area contributed by atoms with Crippen molar-refractivity contribution in [3.63, 3.8) is 0 Å². The molecule has 24 heavy (non-hydrogen) atoms. The Morgan fingerprint density at radius 2 is 2.04 bits per heavy atom. The van der Waals surface area contributed by atoms with Crippen LogP contribution in [0.4, 0.5) is 15.8 Å². The Kier molecular flexibility index (Phi) is 3.42. The van der Waals surface area contributed by atoms with Gasteiger partial charge in [0.2, 0.25) is 0 Å². The molecule has 3 N–H and O–H groups in total. The summed E-state index contributed by atoms with van der Waals surface area (Å²) >= 11 is 1.44. The molecule has 4 rings (SSSR count). The molecule has 0 unspecified atom stereocenters. The van der Waals surface area contributed by atoms with Gasteiger partial charge >= 0.3 is 0 Å². The molecule has 0 saturated heterocycles. The number of nitrogens with one attached hydrogen (secondary N) is 1. The van der Waals surface area contributed by atoms with Crippen molar-refractivity contribution in [2.75, 3.05) is 17.7 Å². The molecule has 5 nitrogen and oxygen atoms in total. The number of thiazole rings is 1. The maximum atomic E-state index is 13.3. The van der Waals surface area contributed by atoms with Gasteiger partial charge in [0.15, 0.2) is 6.61 Å². The van der Waals surface area contributed by atoms with Crippen LogP contribution in [0.1, 0.15) is 0 Å². The quantitative estimate of drug-likeness (QED) is 0.699. The fourth-order valence-corrected chi connectivity index (χ4v) is 3.28. The van der Waals surface area contributed by atoms with E-state index < -0.39 is 5.82 Å². The molecule has 2 heterocycles. The van der Waals surface area contributed by atoms with Crippen LogP contribution in [0.5, 0.6) is 5.75 Å². The molecule has 0 saturated carbocycles. The van der Waals surface area contributed by atoms with Crippen LogP contribution >= 0.6 is 11.3 Å². The third kappa shape index (κ3) is 2.59. The SMILES string of the molecule is Nc1cc(-c2nc(-c3ccc4c(c3)NC(=O)CO4)cs2)ccc1F. The summed E-state index contributed by atoms with van der Waals surface area (Å²) in [7, 11) is 0. The molecule has 2 aromatic carbocycles. The number of benzene rings is 2. The molecule has 1 amide bonds. The number of amides is 1. The van der Waals surface area contributed by atoms with E-state index in [1.54, 1.807) is 18.2 Å². The smallest absolute Gasteiger partial charge is 0.262 e. The van der Waals surface area contributed by atoms with Gasteiger partial charge in [-0.3, -0.25) is 4.79 Å². The summed E-state index contributed by atoms with van der Waals surface area (Å²) in [5, 5.41) is 5.43. The van der Waals surface area contributed by atoms with Crippen molar-refractivity contribution in [3.8, 4) is 27.6 Å². The Labute approximate surface area is 140 Å². The first-order chi connectivity index (χ1) is 11.6. The van der Waals surface area contributed by atoms with Crippen molar-refractivity contribution in [3.05, 3.63) is 47.6 Å². The maximum absolute atomic E-state index is 13.3. The number of nitrogens with zero attached hydrogens (tertiary/aromatic N) is 1. The highest BCUT2D eigenvalue weighted by Crippen LogP contribution is 2.35. The molecule has 0 spiro atoms. The highest BCUT2D eigenvalue weighted by molar-refractivity contribution is 7.13. The van der Waals surface area contributed by atoms with Gasteiger partial charge in [-0.1, -0.05) is 0 Å². The number of ether oxygens (including phenoxy) is 1. The first kappa shape index (κ1) is 14.6. The second-order valence-corrected chi connectivity index (χ2v) is 6.18. The standard InChI is InChI=1S/C17H12FN3O2S/c18-11-3-1-10(5-12(11)19)17-21-14(8-24-17)9-2-4-15-13(6-9)20-16(22)7-23-15/h1-6,8H,7,19H2,(H,20,22). The Morgan fingerprint density at radius 1 is 1.21 bits per heavy atom. The Hall–Kier alpha value is -2.93. The minimum atomic E-state index is -0.444. The Balaban J connectivity index is 1.69. The Bertz CT molecular complexity index is 955. The number of aromatic nitrogens is 1. The van der Waals surface area contributed by atoms with E-state index in [0.717, 1.165) is 21.8 Å². The number of halogens is 1. The average Bonchev–Trinajstić information content (AvgIpc) is 3.06. The third-order valence-electron chi connectivity index (χ3n) is 3.66. The lowest BCUT2D eigenvalue weighted by Gasteiger charge is -2.18. The number of carbonyl (C=O) groups excluding carboxylic acids is 1. The normalized spacial score (nSPS) is 13.1. The van der Waals surface area contributed by atoms with Gasteiger partial charge in [0.25, 0.3) is 5.91 Å². The fourth-order valence-electron chi connectivity index (χ4n) is 2.46. The molecule has 0 atom stereocenters. The number of nitrogen functional groups attached to an aromatic ring is 1. The van der Waals surface area contributed by atoms with Crippen LogP contribution in [-0.4, -0.2) is 17.5 Å². The monoisotopic (exact) mass is 341 g/mol. The minimum Gasteiger partial charge on any atom is -0.482 e. The molecule has 0 bridgehead atoms. The zero-order chi connectivity index (χ0) is 16.7. The molecule has 120 valence electrons. The number of carbonyl (C=O) groups is 1. The lowest BCUT2D eigenvalue weighted by atomic mass is 10.1. The van der Waals surface area contributed by atoms with E-state index >= 15 is 0 Å². The van der Waals surface area contributed by atoms with E-state index in [1.165, 1.54) is 17.4 Å². The molecule has 3 aromatic rings. The maximum Gasteiger partial charge on any atom is 0.262 e. The number of rotatable bonds is 2. The largest absolute Gasteiger partial charge is 0.482 e. The number of hydrogen-bond donors (Lipinski definition) is 2. The summed E-state index contributed by atoms with van der Waals surface area (Å²) in [5.74, 6) is 0.0153. The molecular weight excluding hydrogens is 329 g/mol. The van der Waals surface area contributed by atoms with Crippen molar-refractivity contribution >= 4 is 28.6 Å². The summed E-state index contributed by atoms with van der Waals surface area (Å²) in [5.41, 5.74) is 8.72. The van der Waals surface area contributed by atoms with Gasteiger partial charge in [0.05, 0.1) is 17.1 Å². The van der Waals surface area contributed by atoms with Crippen LogP contribution < -0.4 is 15.8 Å². The summed E-state index contributed by atoms with van der Waals surface area (Å²) in [4.78, 5) is 16.0. The van der Waals surface area contributed by atoms with Crippen LogP contribution in [0.25, 0.3) is 21.8 Å². The van der Waals surface area contributed by atoms with E-state index in [0.29, 0.717) is 11.4 Å². The number of hydrogen-bond acceptors (Lipinski definition) is 5. The van der Waals surface area contributed by atoms with Crippen LogP contribution in [-0.2, 0) is 4.79 Å². The van der Waals surface area contributed by atoms with Crippen LogP contribution in [0, 0.1) is 5.82 Å². The van der Waals surface area contributed by atoms with Gasteiger partial charge in [-0.05, 0) is 36.4 Å². The molecule has 7 heteroatoms. The second-order valence-electron chi connectivity index (χ2n) is 5.32. The summed E-state index contributed by atoms with van der Waals surface area (Å²) in [6.07, 6.45) is 0. The predicted octanol–water partition coefficient (Wildman–Crippen LogP) is 3.53. The third-order valence-corrected chi connectivity index (χ3v) is 4.55. The molecule has 1 aliphatic rings. The van der Waals surface area contributed by atoms with Crippen molar-refractivity contribution in [1.82, 2.24) is 4.98 Å². The number of anilines is 2. The van der Waals surface area contributed by atoms with Gasteiger partial charge in [0.1, 0.15) is 16.6 Å². The van der Waals surface area contributed by atoms with Crippen LogP contribution in [0.3, 0.4) is 0 Å². The van der Waals surface area contributed by atoms with Gasteiger partial charge in [-0.2, -0.15) is 0 Å². The van der Waals surface area contributed by atoms with E-state index in [-0.39, 0.29) is 18.2 Å². The van der Waals surface area contributed by atoms with Crippen LogP contribution in [0.2, 0.25) is 0 Å². The summed E-state index contributed by atoms with van der Waals surface area (Å²) < 4.78 is 18.6. The van der Waals surface area contributed by atoms with E-state index in [2.05, 4.69) is 10.3 Å². The van der Waals surface area contributed by atoms with Crippen molar-refractivity contribution in [1.29, 1.82) is 0 Å². The number of nitrogens with two attached hydrogens (primary N) is 1. The van der Waals surface area contributed by atoms with Gasteiger partial charge in [0, 0.05) is 16.5 Å².